The highest BCUT2D eigenvalue weighted by molar-refractivity contribution is 6.31. The van der Waals surface area contributed by atoms with Crippen LogP contribution in [0.5, 0.6) is 0 Å². The minimum absolute atomic E-state index is 0.0138. The summed E-state index contributed by atoms with van der Waals surface area (Å²) >= 11 is 12.5. The van der Waals surface area contributed by atoms with E-state index in [-0.39, 0.29) is 40.0 Å². The number of carboxylic acids is 1. The van der Waals surface area contributed by atoms with Gasteiger partial charge in [-0.25, -0.2) is 14.2 Å². The molecule has 1 unspecified atom stereocenters. The second-order valence-electron chi connectivity index (χ2n) is 12.0. The first-order valence-corrected chi connectivity index (χ1v) is 15.4. The number of nitrogens with zero attached hydrogens (tertiary/aromatic N) is 2. The predicted octanol–water partition coefficient (Wildman–Crippen LogP) is 6.53. The van der Waals surface area contributed by atoms with Crippen molar-refractivity contribution in [3.63, 3.8) is 0 Å². The van der Waals surface area contributed by atoms with Gasteiger partial charge >= 0.3 is 5.97 Å². The fourth-order valence-corrected chi connectivity index (χ4v) is 7.12. The zero-order valence-corrected chi connectivity index (χ0v) is 25.1. The Hall–Kier alpha value is -3.79. The summed E-state index contributed by atoms with van der Waals surface area (Å²) in [5.74, 6) is -1.23. The van der Waals surface area contributed by atoms with E-state index >= 15 is 4.39 Å². The fraction of sp³-hybridized carbons (Fsp3) is 0.333. The number of carboxylic acid groups (broad SMARTS) is 1. The highest BCUT2D eigenvalue weighted by Gasteiger charge is 2.64. The summed E-state index contributed by atoms with van der Waals surface area (Å²) in [6.45, 7) is 0.791. The van der Waals surface area contributed by atoms with Gasteiger partial charge in [-0.1, -0.05) is 47.0 Å². The fourth-order valence-electron chi connectivity index (χ4n) is 6.79. The van der Waals surface area contributed by atoms with Crippen LogP contribution in [0.3, 0.4) is 0 Å². The minimum Gasteiger partial charge on any atom is -0.495 e. The molecule has 8 nitrogen and oxygen atoms in total. The van der Waals surface area contributed by atoms with Crippen molar-refractivity contribution in [1.82, 2.24) is 9.88 Å². The second-order valence-corrected chi connectivity index (χ2v) is 12.8. The van der Waals surface area contributed by atoms with Gasteiger partial charge in [-0.15, -0.1) is 0 Å². The van der Waals surface area contributed by atoms with Gasteiger partial charge in [0, 0.05) is 36.1 Å². The van der Waals surface area contributed by atoms with Gasteiger partial charge in [-0.05, 0) is 73.6 Å². The number of likely N-dealkylation sites (tertiary alicyclic amines) is 1. The molecule has 1 spiro atoms. The Kier molecular flexibility index (Phi) is 7.22. The van der Waals surface area contributed by atoms with E-state index in [4.69, 9.17) is 33.3 Å². The minimum atomic E-state index is -1.27. The molecular weight excluding hydrogens is 606 g/mol. The van der Waals surface area contributed by atoms with Gasteiger partial charge in [0.1, 0.15) is 34.7 Å². The highest BCUT2D eigenvalue weighted by Crippen LogP contribution is 2.58. The number of carbonyl (C=O) groups excluding carboxylic acids is 1. The maximum absolute atomic E-state index is 15.8. The molecule has 1 aromatic carbocycles. The molecule has 3 heterocycles. The number of ether oxygens (including phenoxy) is 1. The molecule has 1 aromatic heterocycles. The number of fused-ring (bicyclic) bond motifs is 2. The van der Waals surface area contributed by atoms with Gasteiger partial charge in [0.05, 0.1) is 16.3 Å². The number of pyridine rings is 1. The standard InChI is InChI=1S/C33H29Cl2FN4O4/c34-25-3-1-2-21(29(25)36)24-14-20(16-44-27(12-17-4-5-17)22-9-8-19(31(41)42)13-26(22)37)40(15-18-6-7-18)33(24)23-10-11-28(35)38-30(23)39-32(33)43/h1-4,8-11,13,18,20,24,37H,5-7,12,14-16H2,(H,41,42)(H,38,39,43)/b27-22+,37-26?/t20?,24-,33-/m1/s1. The number of aromatic nitrogens is 1. The van der Waals surface area contributed by atoms with Crippen molar-refractivity contribution in [2.45, 2.75) is 49.6 Å². The monoisotopic (exact) mass is 634 g/mol. The van der Waals surface area contributed by atoms with Crippen LogP contribution in [-0.4, -0.2) is 51.8 Å². The van der Waals surface area contributed by atoms with Gasteiger partial charge in [0.25, 0.3) is 5.91 Å². The Labute approximate surface area is 263 Å². The molecule has 5 aliphatic rings. The smallest absolute Gasteiger partial charge is 0.335 e. The number of hydrogen-bond donors (Lipinski definition) is 3. The molecule has 2 aliphatic heterocycles. The van der Waals surface area contributed by atoms with Crippen molar-refractivity contribution in [1.29, 1.82) is 5.41 Å². The lowest BCUT2D eigenvalue weighted by molar-refractivity contribution is -0.132. The lowest BCUT2D eigenvalue weighted by Gasteiger charge is -2.40. The topological polar surface area (TPSA) is 116 Å². The summed E-state index contributed by atoms with van der Waals surface area (Å²) in [4.78, 5) is 32.3. The summed E-state index contributed by atoms with van der Waals surface area (Å²) in [7, 11) is 0. The third-order valence-corrected chi connectivity index (χ3v) is 9.66. The lowest BCUT2D eigenvalue weighted by atomic mass is 9.75. The van der Waals surface area contributed by atoms with E-state index in [0.29, 0.717) is 53.6 Å². The maximum atomic E-state index is 15.8. The van der Waals surface area contributed by atoms with Crippen molar-refractivity contribution in [2.75, 3.05) is 18.5 Å². The quantitative estimate of drug-likeness (QED) is 0.164. The van der Waals surface area contributed by atoms with Crippen LogP contribution in [0.4, 0.5) is 10.2 Å². The van der Waals surface area contributed by atoms with Gasteiger partial charge in [0.15, 0.2) is 0 Å². The van der Waals surface area contributed by atoms with E-state index in [2.05, 4.69) is 21.3 Å². The Balaban J connectivity index is 1.30. The first kappa shape index (κ1) is 29.0. The molecule has 1 saturated carbocycles. The van der Waals surface area contributed by atoms with Crippen LogP contribution in [0.25, 0.3) is 0 Å². The Morgan fingerprint density at radius 3 is 2.73 bits per heavy atom. The highest BCUT2D eigenvalue weighted by atomic mass is 35.5. The number of halogens is 3. The number of nitrogens with one attached hydrogen (secondary N) is 2. The molecule has 3 N–H and O–H groups in total. The first-order chi connectivity index (χ1) is 21.2. The Morgan fingerprint density at radius 1 is 1.23 bits per heavy atom. The summed E-state index contributed by atoms with van der Waals surface area (Å²) in [6.07, 6.45) is 10.3. The van der Waals surface area contributed by atoms with Gasteiger partial charge in [-0.2, -0.15) is 0 Å². The second kappa shape index (κ2) is 11.0. The van der Waals surface area contributed by atoms with Crippen LogP contribution < -0.4 is 5.32 Å². The molecule has 3 atom stereocenters. The van der Waals surface area contributed by atoms with Gasteiger partial charge < -0.3 is 20.6 Å². The number of allylic oxidation sites excluding steroid dienone is 5. The summed E-state index contributed by atoms with van der Waals surface area (Å²) in [5, 5.41) is 21.1. The molecule has 1 saturated heterocycles. The normalized spacial score (nSPS) is 26.8. The Bertz CT molecular complexity index is 1750. The molecule has 226 valence electrons. The third-order valence-electron chi connectivity index (χ3n) is 9.16. The lowest BCUT2D eigenvalue weighted by Crippen LogP contribution is -2.53. The van der Waals surface area contributed by atoms with E-state index in [9.17, 15) is 14.7 Å². The molecule has 0 bridgehead atoms. The number of aliphatic carboxylic acids is 1. The van der Waals surface area contributed by atoms with E-state index in [1.165, 1.54) is 23.8 Å². The van der Waals surface area contributed by atoms with Crippen molar-refractivity contribution in [2.24, 2.45) is 5.92 Å². The predicted molar refractivity (Wildman–Crippen MR) is 164 cm³/mol. The number of benzene rings is 1. The molecule has 3 aliphatic carbocycles. The summed E-state index contributed by atoms with van der Waals surface area (Å²) < 4.78 is 22.3. The van der Waals surface area contributed by atoms with Crippen LogP contribution in [0.15, 0.2) is 77.1 Å². The van der Waals surface area contributed by atoms with Crippen LogP contribution in [0, 0.1) is 17.1 Å². The average molecular weight is 636 g/mol. The molecule has 2 fully saturated rings. The molecule has 1 amide bonds. The van der Waals surface area contributed by atoms with Crippen LogP contribution in [-0.2, 0) is 19.9 Å². The van der Waals surface area contributed by atoms with Gasteiger partial charge in [0.2, 0.25) is 0 Å². The van der Waals surface area contributed by atoms with Crippen molar-refractivity contribution in [3.8, 4) is 0 Å². The molecule has 44 heavy (non-hydrogen) atoms. The van der Waals surface area contributed by atoms with E-state index in [1.807, 2.05) is 0 Å². The number of carbonyl (C=O) groups is 2. The van der Waals surface area contributed by atoms with E-state index < -0.39 is 23.2 Å². The molecule has 2 aromatic rings. The average Bonchev–Trinajstić information content (AvgIpc) is 3.92. The third kappa shape index (κ3) is 4.97. The van der Waals surface area contributed by atoms with Crippen LogP contribution in [0.2, 0.25) is 10.2 Å². The maximum Gasteiger partial charge on any atom is 0.335 e. The molecule has 11 heteroatoms. The van der Waals surface area contributed by atoms with Gasteiger partial charge in [-0.3, -0.25) is 9.69 Å². The van der Waals surface area contributed by atoms with Crippen molar-refractivity contribution >= 4 is 46.6 Å². The Morgan fingerprint density at radius 2 is 2.02 bits per heavy atom. The molecule has 0 radical (unpaired) electrons. The van der Waals surface area contributed by atoms with Crippen LogP contribution in [0.1, 0.15) is 49.1 Å². The van der Waals surface area contributed by atoms with Crippen LogP contribution >= 0.6 is 23.2 Å². The number of rotatable bonds is 9. The van der Waals surface area contributed by atoms with Crippen molar-refractivity contribution in [3.05, 3.63) is 104 Å². The largest absolute Gasteiger partial charge is 0.495 e. The van der Waals surface area contributed by atoms with E-state index in [0.717, 1.165) is 19.3 Å². The summed E-state index contributed by atoms with van der Waals surface area (Å²) in [6, 6.07) is 8.03. The summed E-state index contributed by atoms with van der Waals surface area (Å²) in [5.41, 5.74) is 1.51. The molecule has 7 rings (SSSR count). The van der Waals surface area contributed by atoms with E-state index in [1.54, 1.807) is 30.3 Å². The number of amides is 1. The zero-order valence-electron chi connectivity index (χ0n) is 23.6. The molecular formula is C33H29Cl2FN4O4. The number of hydrogen-bond acceptors (Lipinski definition) is 6. The zero-order chi connectivity index (χ0) is 30.7. The SMILES string of the molecule is N=C1C=C(C(=O)O)C=C/C1=C(/CC1=CC1)OCC1C[C@H](c2cccc(Cl)c2F)[C@]2(C(=O)Nc3nc(Cl)ccc32)N1CC1CC1. The van der Waals surface area contributed by atoms with Crippen molar-refractivity contribution < 1.29 is 23.8 Å². The first-order valence-electron chi connectivity index (χ1n) is 14.6. The number of anilines is 1.